The van der Waals surface area contributed by atoms with Gasteiger partial charge in [0.15, 0.2) is 0 Å². The van der Waals surface area contributed by atoms with E-state index in [-0.39, 0.29) is 0 Å². The van der Waals surface area contributed by atoms with Crippen molar-refractivity contribution in [3.05, 3.63) is 164 Å². The fraction of sp³-hybridized carbons (Fsp3) is 0. The fourth-order valence-electron chi connectivity index (χ4n) is 6.67. The molecular weight excluding hydrogens is 534 g/mol. The minimum Gasteiger partial charge on any atom is -0.456 e. The van der Waals surface area contributed by atoms with Gasteiger partial charge < -0.3 is 9.32 Å². The highest BCUT2D eigenvalue weighted by molar-refractivity contribution is 6.15. The monoisotopic (exact) mass is 561 g/mol. The van der Waals surface area contributed by atoms with Crippen LogP contribution in [0.25, 0.3) is 65.4 Å². The summed E-state index contributed by atoms with van der Waals surface area (Å²) in [5, 5.41) is 9.53. The van der Waals surface area contributed by atoms with Crippen LogP contribution in [-0.2, 0) is 0 Å². The predicted octanol–water partition coefficient (Wildman–Crippen LogP) is 12.2. The lowest BCUT2D eigenvalue weighted by Crippen LogP contribution is -2.11. The lowest BCUT2D eigenvalue weighted by atomic mass is 9.97. The van der Waals surface area contributed by atoms with E-state index in [9.17, 15) is 0 Å². The Kier molecular flexibility index (Phi) is 5.54. The lowest BCUT2D eigenvalue weighted by Gasteiger charge is -2.28. The van der Waals surface area contributed by atoms with Gasteiger partial charge in [-0.05, 0) is 86.6 Å². The van der Waals surface area contributed by atoms with E-state index in [0.717, 1.165) is 39.0 Å². The highest BCUT2D eigenvalue weighted by atomic mass is 16.3. The molecule has 0 radical (unpaired) electrons. The molecule has 0 atom stereocenters. The molecule has 44 heavy (non-hydrogen) atoms. The lowest BCUT2D eigenvalue weighted by molar-refractivity contribution is 0.669. The zero-order valence-corrected chi connectivity index (χ0v) is 23.9. The van der Waals surface area contributed by atoms with E-state index in [2.05, 4.69) is 157 Å². The Morgan fingerprint density at radius 1 is 0.364 bits per heavy atom. The molecule has 0 unspecified atom stereocenters. The van der Waals surface area contributed by atoms with Crippen LogP contribution in [0.4, 0.5) is 17.1 Å². The SMILES string of the molecule is c1ccc2cc(-c3ccc4cccc(N(c5ccc6ccccc6c5)c5cccc6oc7ccccc7c56)c4c3)ccc2c1. The zero-order valence-electron chi connectivity index (χ0n) is 23.9. The zero-order chi connectivity index (χ0) is 29.0. The molecule has 2 heteroatoms. The van der Waals surface area contributed by atoms with E-state index < -0.39 is 0 Å². The van der Waals surface area contributed by atoms with Gasteiger partial charge in [0.05, 0.1) is 16.8 Å². The first-order valence-electron chi connectivity index (χ1n) is 15.0. The number of rotatable bonds is 4. The number of hydrogen-bond donors (Lipinski definition) is 0. The molecular formula is C42H27NO. The Morgan fingerprint density at radius 3 is 1.80 bits per heavy atom. The van der Waals surface area contributed by atoms with Crippen LogP contribution in [0.5, 0.6) is 0 Å². The third-order valence-electron chi connectivity index (χ3n) is 8.80. The first-order chi connectivity index (χ1) is 21.8. The predicted molar refractivity (Wildman–Crippen MR) is 186 cm³/mol. The summed E-state index contributed by atoms with van der Waals surface area (Å²) in [5.41, 5.74) is 7.49. The molecule has 0 saturated carbocycles. The molecule has 0 aliphatic rings. The molecule has 0 spiro atoms. The third kappa shape index (κ3) is 3.96. The maximum Gasteiger partial charge on any atom is 0.137 e. The van der Waals surface area contributed by atoms with Gasteiger partial charge in [-0.1, -0.05) is 115 Å². The maximum atomic E-state index is 6.36. The molecule has 0 amide bonds. The van der Waals surface area contributed by atoms with Gasteiger partial charge in [-0.3, -0.25) is 0 Å². The second-order valence-corrected chi connectivity index (χ2v) is 11.4. The van der Waals surface area contributed by atoms with Crippen LogP contribution in [0.3, 0.4) is 0 Å². The van der Waals surface area contributed by atoms with Gasteiger partial charge in [-0.25, -0.2) is 0 Å². The summed E-state index contributed by atoms with van der Waals surface area (Å²) in [6.45, 7) is 0. The number of anilines is 3. The number of fused-ring (bicyclic) bond motifs is 6. The van der Waals surface area contributed by atoms with Crippen molar-refractivity contribution in [2.75, 3.05) is 4.90 Å². The number of benzene rings is 8. The van der Waals surface area contributed by atoms with Gasteiger partial charge >= 0.3 is 0 Å². The smallest absolute Gasteiger partial charge is 0.137 e. The Hall–Kier alpha value is -5.86. The highest BCUT2D eigenvalue weighted by Crippen LogP contribution is 2.45. The van der Waals surface area contributed by atoms with Gasteiger partial charge in [-0.2, -0.15) is 0 Å². The normalized spacial score (nSPS) is 11.6. The second kappa shape index (κ2) is 9.86. The molecule has 0 aliphatic carbocycles. The summed E-state index contributed by atoms with van der Waals surface area (Å²) in [4.78, 5) is 2.41. The van der Waals surface area contributed by atoms with Crippen molar-refractivity contribution >= 4 is 71.3 Å². The summed E-state index contributed by atoms with van der Waals surface area (Å²) in [6.07, 6.45) is 0. The molecule has 2 nitrogen and oxygen atoms in total. The summed E-state index contributed by atoms with van der Waals surface area (Å²) in [5.74, 6) is 0. The van der Waals surface area contributed by atoms with Crippen LogP contribution in [0, 0.1) is 0 Å². The summed E-state index contributed by atoms with van der Waals surface area (Å²) >= 11 is 0. The van der Waals surface area contributed by atoms with Crippen LogP contribution in [0.15, 0.2) is 168 Å². The molecule has 9 rings (SSSR count). The number of hydrogen-bond acceptors (Lipinski definition) is 2. The van der Waals surface area contributed by atoms with Crippen LogP contribution in [0.2, 0.25) is 0 Å². The molecule has 1 heterocycles. The highest BCUT2D eigenvalue weighted by Gasteiger charge is 2.21. The topological polar surface area (TPSA) is 16.4 Å². The van der Waals surface area contributed by atoms with Crippen molar-refractivity contribution in [3.8, 4) is 11.1 Å². The largest absolute Gasteiger partial charge is 0.456 e. The Bertz CT molecular complexity index is 2520. The van der Waals surface area contributed by atoms with Gasteiger partial charge in [0.2, 0.25) is 0 Å². The molecule has 1 aromatic heterocycles. The molecule has 9 aromatic rings. The number of nitrogens with zero attached hydrogens (tertiary/aromatic N) is 1. The van der Waals surface area contributed by atoms with E-state index in [0.29, 0.717) is 0 Å². The standard InChI is InChI=1S/C42H27NO/c1-3-11-31-25-33(21-19-28(31)9-1)34-22-20-30-13-7-15-38(37(30)27-34)43(35-24-23-29-10-2-4-12-32(29)26-35)39-16-8-18-41-42(39)36-14-5-6-17-40(36)44-41/h1-27H. The average molecular weight is 562 g/mol. The van der Waals surface area contributed by atoms with Crippen LogP contribution >= 0.6 is 0 Å². The average Bonchev–Trinajstić information content (AvgIpc) is 3.47. The van der Waals surface area contributed by atoms with Crippen molar-refractivity contribution in [2.45, 2.75) is 0 Å². The minimum atomic E-state index is 0.881. The summed E-state index contributed by atoms with van der Waals surface area (Å²) in [6, 6.07) is 58.7. The molecule has 206 valence electrons. The van der Waals surface area contributed by atoms with E-state index in [1.807, 2.05) is 12.1 Å². The molecule has 0 bridgehead atoms. The Balaban J connectivity index is 1.33. The van der Waals surface area contributed by atoms with Crippen LogP contribution < -0.4 is 4.90 Å². The van der Waals surface area contributed by atoms with E-state index in [1.165, 1.54) is 43.4 Å². The van der Waals surface area contributed by atoms with Crippen LogP contribution in [0.1, 0.15) is 0 Å². The molecule has 8 aromatic carbocycles. The minimum absolute atomic E-state index is 0.881. The summed E-state index contributed by atoms with van der Waals surface area (Å²) in [7, 11) is 0. The first-order valence-corrected chi connectivity index (χ1v) is 15.0. The van der Waals surface area contributed by atoms with Crippen LogP contribution in [-0.4, -0.2) is 0 Å². The van der Waals surface area contributed by atoms with Crippen molar-refractivity contribution in [3.63, 3.8) is 0 Å². The number of furan rings is 1. The van der Waals surface area contributed by atoms with Gasteiger partial charge in [0.25, 0.3) is 0 Å². The van der Waals surface area contributed by atoms with Crippen molar-refractivity contribution < 1.29 is 4.42 Å². The maximum absolute atomic E-state index is 6.36. The van der Waals surface area contributed by atoms with Crippen molar-refractivity contribution in [2.24, 2.45) is 0 Å². The number of para-hydroxylation sites is 1. The Morgan fingerprint density at radius 2 is 0.955 bits per heavy atom. The quantitative estimate of drug-likeness (QED) is 0.212. The van der Waals surface area contributed by atoms with Gasteiger partial charge in [0.1, 0.15) is 11.2 Å². The first kappa shape index (κ1) is 24.7. The molecule has 0 fully saturated rings. The van der Waals surface area contributed by atoms with Crippen molar-refractivity contribution in [1.82, 2.24) is 0 Å². The van der Waals surface area contributed by atoms with Crippen molar-refractivity contribution in [1.29, 1.82) is 0 Å². The van der Waals surface area contributed by atoms with E-state index >= 15 is 0 Å². The second-order valence-electron chi connectivity index (χ2n) is 11.4. The van der Waals surface area contributed by atoms with Gasteiger partial charge in [0, 0.05) is 16.5 Å². The fourth-order valence-corrected chi connectivity index (χ4v) is 6.67. The molecule has 0 aliphatic heterocycles. The van der Waals surface area contributed by atoms with E-state index in [4.69, 9.17) is 4.42 Å². The van der Waals surface area contributed by atoms with E-state index in [1.54, 1.807) is 0 Å². The third-order valence-corrected chi connectivity index (χ3v) is 8.80. The van der Waals surface area contributed by atoms with Gasteiger partial charge in [-0.15, -0.1) is 0 Å². The summed E-state index contributed by atoms with van der Waals surface area (Å²) < 4.78 is 6.36. The molecule has 0 N–H and O–H groups in total. The Labute approximate surface area is 255 Å². The molecule has 0 saturated heterocycles.